The molecular weight excluding hydrogens is 404 g/mol. The van der Waals surface area contributed by atoms with Gasteiger partial charge in [0.1, 0.15) is 5.69 Å². The second kappa shape index (κ2) is 8.55. The van der Waals surface area contributed by atoms with Gasteiger partial charge in [0.15, 0.2) is 5.17 Å². The molecule has 1 N–H and O–H groups in total. The zero-order chi connectivity index (χ0) is 21.2. The molecule has 0 bridgehead atoms. The van der Waals surface area contributed by atoms with Gasteiger partial charge in [0.05, 0.1) is 16.6 Å². The van der Waals surface area contributed by atoms with Crippen LogP contribution in [0.1, 0.15) is 36.8 Å². The van der Waals surface area contributed by atoms with E-state index in [9.17, 15) is 4.79 Å². The first kappa shape index (κ1) is 19.8. The molecule has 3 aromatic rings. The minimum Gasteiger partial charge on any atom is -0.301 e. The number of aliphatic imine (C=N–C) groups is 1. The molecule has 0 radical (unpaired) electrons. The number of thioether (sulfide) groups is 1. The van der Waals surface area contributed by atoms with Gasteiger partial charge in [0.25, 0.3) is 5.91 Å². The molecule has 1 saturated carbocycles. The average molecular weight is 429 g/mol. The predicted molar refractivity (Wildman–Crippen MR) is 127 cm³/mol. The van der Waals surface area contributed by atoms with Gasteiger partial charge < -0.3 is 5.32 Å². The number of carbonyl (C=O) groups is 1. The lowest BCUT2D eigenvalue weighted by molar-refractivity contribution is -0.115. The van der Waals surface area contributed by atoms with E-state index in [-0.39, 0.29) is 5.91 Å². The van der Waals surface area contributed by atoms with Gasteiger partial charge in [-0.15, -0.1) is 0 Å². The minimum atomic E-state index is -0.0926. The van der Waals surface area contributed by atoms with Gasteiger partial charge in [-0.2, -0.15) is 5.10 Å². The quantitative estimate of drug-likeness (QED) is 0.570. The monoisotopic (exact) mass is 428 g/mol. The van der Waals surface area contributed by atoms with Crippen LogP contribution in [0.3, 0.4) is 0 Å². The molecule has 0 spiro atoms. The molecule has 0 unspecified atom stereocenters. The van der Waals surface area contributed by atoms with Gasteiger partial charge in [-0.1, -0.05) is 55.3 Å². The highest BCUT2D eigenvalue weighted by Gasteiger charge is 2.26. The van der Waals surface area contributed by atoms with E-state index in [0.29, 0.717) is 10.9 Å². The molecule has 156 valence electrons. The number of carbonyl (C=O) groups excluding carboxylic acids is 1. The topological polar surface area (TPSA) is 59.3 Å². The largest absolute Gasteiger partial charge is 0.301 e. The van der Waals surface area contributed by atoms with Crippen molar-refractivity contribution in [3.8, 4) is 16.9 Å². The zero-order valence-corrected chi connectivity index (χ0v) is 18.2. The van der Waals surface area contributed by atoms with Crippen molar-refractivity contribution in [3.63, 3.8) is 0 Å². The lowest BCUT2D eigenvalue weighted by Gasteiger charge is -2.04. The number of hydrogen-bond donors (Lipinski definition) is 1. The zero-order valence-electron chi connectivity index (χ0n) is 17.4. The number of amidine groups is 1. The third-order valence-corrected chi connectivity index (χ3v) is 6.65. The highest BCUT2D eigenvalue weighted by Crippen LogP contribution is 2.33. The molecule has 0 atom stereocenters. The first-order valence-corrected chi connectivity index (χ1v) is 11.5. The summed E-state index contributed by atoms with van der Waals surface area (Å²) < 4.78 is 1.87. The maximum absolute atomic E-state index is 12.6. The second-order valence-electron chi connectivity index (χ2n) is 7.97. The van der Waals surface area contributed by atoms with E-state index >= 15 is 0 Å². The maximum Gasteiger partial charge on any atom is 0.264 e. The van der Waals surface area contributed by atoms with Gasteiger partial charge in [-0.3, -0.25) is 9.79 Å². The van der Waals surface area contributed by atoms with Crippen molar-refractivity contribution in [2.45, 2.75) is 38.6 Å². The van der Waals surface area contributed by atoms with Crippen molar-refractivity contribution < 1.29 is 4.79 Å². The lowest BCUT2D eigenvalue weighted by atomic mass is 10.0. The SMILES string of the molecule is Cc1ccccc1-c1nn(-c2ccccc2)cc1/C=C1\SC(=NC2CCCC2)NC1=O. The van der Waals surface area contributed by atoms with Gasteiger partial charge in [-0.05, 0) is 55.3 Å². The molecule has 1 amide bonds. The molecule has 2 heterocycles. The maximum atomic E-state index is 12.6. The first-order chi connectivity index (χ1) is 15.2. The Bertz CT molecular complexity index is 1170. The van der Waals surface area contributed by atoms with E-state index < -0.39 is 0 Å². The van der Waals surface area contributed by atoms with E-state index in [1.165, 1.54) is 24.6 Å². The fourth-order valence-electron chi connectivity index (χ4n) is 4.08. The van der Waals surface area contributed by atoms with Gasteiger partial charge in [-0.25, -0.2) is 4.68 Å². The third kappa shape index (κ3) is 4.21. The molecule has 1 aliphatic carbocycles. The van der Waals surface area contributed by atoms with Crippen molar-refractivity contribution in [2.24, 2.45) is 4.99 Å². The Labute approximate surface area is 186 Å². The molecule has 2 aromatic carbocycles. The standard InChI is InChI=1S/C25H24N4OS/c1-17-9-5-8-14-21(17)23-18(16-29(28-23)20-12-3-2-4-13-20)15-22-24(30)27-25(31-22)26-19-10-6-7-11-19/h2-5,8-9,12-16,19H,6-7,10-11H2,1H3,(H,26,27,30)/b22-15-. The smallest absolute Gasteiger partial charge is 0.264 e. The summed E-state index contributed by atoms with van der Waals surface area (Å²) in [5, 5.41) is 8.54. The minimum absolute atomic E-state index is 0.0926. The normalized spacial score (nSPS) is 19.5. The number of hydrogen-bond acceptors (Lipinski definition) is 4. The lowest BCUT2D eigenvalue weighted by Crippen LogP contribution is -2.21. The van der Waals surface area contributed by atoms with E-state index in [2.05, 4.69) is 24.4 Å². The number of aromatic nitrogens is 2. The Kier molecular flexibility index (Phi) is 5.47. The molecular formula is C25H24N4OS. The number of nitrogens with one attached hydrogen (secondary N) is 1. The van der Waals surface area contributed by atoms with E-state index in [1.54, 1.807) is 0 Å². The fraction of sp³-hybridized carbons (Fsp3) is 0.240. The molecule has 1 aliphatic heterocycles. The summed E-state index contributed by atoms with van der Waals surface area (Å²) in [6.45, 7) is 2.08. The van der Waals surface area contributed by atoms with Crippen molar-refractivity contribution in [2.75, 3.05) is 0 Å². The van der Waals surface area contributed by atoms with Crippen LogP contribution < -0.4 is 5.32 Å². The summed E-state index contributed by atoms with van der Waals surface area (Å²) in [6, 6.07) is 18.6. The number of benzene rings is 2. The summed E-state index contributed by atoms with van der Waals surface area (Å²) in [5.74, 6) is -0.0926. The van der Waals surface area contributed by atoms with Crippen LogP contribution in [0.2, 0.25) is 0 Å². The summed E-state index contributed by atoms with van der Waals surface area (Å²) in [7, 11) is 0. The molecule has 1 saturated heterocycles. The molecule has 31 heavy (non-hydrogen) atoms. The average Bonchev–Trinajstić information content (AvgIpc) is 3.51. The van der Waals surface area contributed by atoms with Crippen LogP contribution in [0.25, 0.3) is 23.0 Å². The van der Waals surface area contributed by atoms with Crippen LogP contribution >= 0.6 is 11.8 Å². The van der Waals surface area contributed by atoms with Crippen molar-refractivity contribution in [3.05, 3.63) is 76.8 Å². The fourth-order valence-corrected chi connectivity index (χ4v) is 4.97. The summed E-state index contributed by atoms with van der Waals surface area (Å²) in [6.07, 6.45) is 8.60. The molecule has 1 aromatic heterocycles. The molecule has 5 rings (SSSR count). The molecule has 5 nitrogen and oxygen atoms in total. The van der Waals surface area contributed by atoms with Crippen LogP contribution in [0.4, 0.5) is 0 Å². The Morgan fingerprint density at radius 2 is 1.84 bits per heavy atom. The van der Waals surface area contributed by atoms with Crippen molar-refractivity contribution >= 4 is 28.9 Å². The molecule has 6 heteroatoms. The van der Waals surface area contributed by atoms with Crippen molar-refractivity contribution in [1.82, 2.24) is 15.1 Å². The highest BCUT2D eigenvalue weighted by molar-refractivity contribution is 8.18. The summed E-state index contributed by atoms with van der Waals surface area (Å²) >= 11 is 1.43. The van der Waals surface area contributed by atoms with Crippen LogP contribution in [0.15, 0.2) is 70.7 Å². The third-order valence-electron chi connectivity index (χ3n) is 5.73. The Balaban J connectivity index is 1.54. The first-order valence-electron chi connectivity index (χ1n) is 10.7. The van der Waals surface area contributed by atoms with E-state index in [4.69, 9.17) is 10.1 Å². The molecule has 2 fully saturated rings. The van der Waals surface area contributed by atoms with E-state index in [0.717, 1.165) is 46.1 Å². The van der Waals surface area contributed by atoms with Gasteiger partial charge in [0, 0.05) is 17.3 Å². The summed E-state index contributed by atoms with van der Waals surface area (Å²) in [4.78, 5) is 18.0. The molecule has 2 aliphatic rings. The van der Waals surface area contributed by atoms with E-state index in [1.807, 2.05) is 59.4 Å². The Hall–Kier alpha value is -3.12. The Morgan fingerprint density at radius 1 is 1.10 bits per heavy atom. The van der Waals surface area contributed by atoms with Gasteiger partial charge in [0.2, 0.25) is 0 Å². The van der Waals surface area contributed by atoms with Crippen LogP contribution in [-0.2, 0) is 4.79 Å². The summed E-state index contributed by atoms with van der Waals surface area (Å²) in [5.41, 5.74) is 4.97. The predicted octanol–water partition coefficient (Wildman–Crippen LogP) is 5.35. The number of rotatable bonds is 4. The second-order valence-corrected chi connectivity index (χ2v) is 9.00. The number of para-hydroxylation sites is 1. The highest BCUT2D eigenvalue weighted by atomic mass is 32.2. The van der Waals surface area contributed by atoms with Crippen LogP contribution in [0, 0.1) is 6.92 Å². The van der Waals surface area contributed by atoms with Crippen LogP contribution in [0.5, 0.6) is 0 Å². The van der Waals surface area contributed by atoms with Gasteiger partial charge >= 0.3 is 0 Å². The number of amides is 1. The number of nitrogens with zero attached hydrogens (tertiary/aromatic N) is 3. The number of aryl methyl sites for hydroxylation is 1. The van der Waals surface area contributed by atoms with Crippen LogP contribution in [-0.4, -0.2) is 26.9 Å². The van der Waals surface area contributed by atoms with Crippen molar-refractivity contribution in [1.29, 1.82) is 0 Å². The Morgan fingerprint density at radius 3 is 2.61 bits per heavy atom.